The minimum absolute atomic E-state index is 0.0469. The lowest BCUT2D eigenvalue weighted by atomic mass is 10.1. The average molecular weight is 268 g/mol. The molecule has 0 saturated carbocycles. The lowest BCUT2D eigenvalue weighted by Gasteiger charge is -2.27. The highest BCUT2D eigenvalue weighted by Gasteiger charge is 2.32. The first-order chi connectivity index (χ1) is 9.06. The molecule has 0 bridgehead atoms. The van der Waals surface area contributed by atoms with Gasteiger partial charge in [-0.2, -0.15) is 0 Å². The summed E-state index contributed by atoms with van der Waals surface area (Å²) in [6.07, 6.45) is 2.04. The number of hydrazine groups is 1. The average Bonchev–Trinajstić information content (AvgIpc) is 2.83. The number of aromatic nitrogens is 1. The van der Waals surface area contributed by atoms with E-state index in [-0.39, 0.29) is 23.5 Å². The van der Waals surface area contributed by atoms with Crippen LogP contribution in [0, 0.1) is 5.82 Å². The van der Waals surface area contributed by atoms with Crippen LogP contribution in [0.1, 0.15) is 23.7 Å². The largest absolute Gasteiger partial charge is 0.376 e. The Morgan fingerprint density at radius 2 is 2.42 bits per heavy atom. The number of halogens is 1. The second kappa shape index (κ2) is 5.50. The predicted octanol–water partition coefficient (Wildman–Crippen LogP) is 0.756. The Balaban J connectivity index is 2.24. The van der Waals surface area contributed by atoms with E-state index in [4.69, 9.17) is 10.6 Å². The number of carbonyl (C=O) groups is 1. The number of ether oxygens (including phenoxy) is 1. The third-order valence-corrected chi connectivity index (χ3v) is 3.41. The summed E-state index contributed by atoms with van der Waals surface area (Å²) in [6.45, 7) is 2.51. The Morgan fingerprint density at radius 1 is 1.68 bits per heavy atom. The quantitative estimate of drug-likeness (QED) is 0.625. The lowest BCUT2D eigenvalue weighted by molar-refractivity contribution is 0.0571. The number of nitrogens with two attached hydrogens (primary N) is 1. The number of likely N-dealkylation sites (N-methyl/N-ethyl adjacent to an activating group) is 1. The molecule has 1 aliphatic heterocycles. The molecule has 1 aromatic heterocycles. The maximum absolute atomic E-state index is 14.0. The molecule has 2 unspecified atom stereocenters. The van der Waals surface area contributed by atoms with Crippen molar-refractivity contribution in [3.8, 4) is 0 Å². The summed E-state index contributed by atoms with van der Waals surface area (Å²) in [6, 6.07) is 1.30. The topological polar surface area (TPSA) is 80.5 Å². The van der Waals surface area contributed by atoms with Gasteiger partial charge < -0.3 is 15.1 Å². The van der Waals surface area contributed by atoms with E-state index in [1.807, 2.05) is 6.92 Å². The molecule has 104 valence electrons. The van der Waals surface area contributed by atoms with Crippen molar-refractivity contribution >= 4 is 11.7 Å². The van der Waals surface area contributed by atoms with Crippen molar-refractivity contribution in [2.75, 3.05) is 19.1 Å². The maximum atomic E-state index is 14.0. The monoisotopic (exact) mass is 268 g/mol. The summed E-state index contributed by atoms with van der Waals surface area (Å²) in [5.74, 6) is 3.85. The van der Waals surface area contributed by atoms with Crippen molar-refractivity contribution in [1.29, 1.82) is 0 Å². The van der Waals surface area contributed by atoms with Crippen molar-refractivity contribution in [1.82, 2.24) is 9.88 Å². The van der Waals surface area contributed by atoms with Crippen molar-refractivity contribution < 1.29 is 13.9 Å². The van der Waals surface area contributed by atoms with Gasteiger partial charge in [0, 0.05) is 19.9 Å². The van der Waals surface area contributed by atoms with Gasteiger partial charge >= 0.3 is 0 Å². The smallest absolute Gasteiger partial charge is 0.257 e. The third kappa shape index (κ3) is 2.52. The summed E-state index contributed by atoms with van der Waals surface area (Å²) in [4.78, 5) is 17.5. The molecule has 2 atom stereocenters. The highest BCUT2D eigenvalue weighted by molar-refractivity contribution is 5.95. The lowest BCUT2D eigenvalue weighted by Crippen LogP contribution is -2.41. The minimum Gasteiger partial charge on any atom is -0.376 e. The Kier molecular flexibility index (Phi) is 3.96. The molecule has 2 heterocycles. The maximum Gasteiger partial charge on any atom is 0.257 e. The molecule has 2 rings (SSSR count). The van der Waals surface area contributed by atoms with Crippen LogP contribution < -0.4 is 11.3 Å². The molecule has 1 fully saturated rings. The van der Waals surface area contributed by atoms with E-state index in [0.29, 0.717) is 6.61 Å². The first-order valence-corrected chi connectivity index (χ1v) is 6.06. The standard InChI is InChI=1S/C12H17FN4O2/c1-7-9(4-6-19-7)17(2)12(18)8-3-5-15-11(16-14)10(8)13/h3,5,7,9H,4,6,14H2,1-2H3,(H,15,16). The van der Waals surface area contributed by atoms with Crippen molar-refractivity contribution in [2.24, 2.45) is 5.84 Å². The van der Waals surface area contributed by atoms with E-state index >= 15 is 0 Å². The first-order valence-electron chi connectivity index (χ1n) is 6.06. The molecule has 1 aromatic rings. The molecule has 0 radical (unpaired) electrons. The number of amides is 1. The Bertz CT molecular complexity index is 483. The van der Waals surface area contributed by atoms with Crippen molar-refractivity contribution in [2.45, 2.75) is 25.5 Å². The van der Waals surface area contributed by atoms with Gasteiger partial charge in [-0.15, -0.1) is 0 Å². The second-order valence-corrected chi connectivity index (χ2v) is 4.51. The van der Waals surface area contributed by atoms with Crippen LogP contribution in [0.4, 0.5) is 10.2 Å². The van der Waals surface area contributed by atoms with Crippen LogP contribution in [-0.4, -0.2) is 41.6 Å². The highest BCUT2D eigenvalue weighted by atomic mass is 19.1. The molecular formula is C12H17FN4O2. The molecule has 7 heteroatoms. The van der Waals surface area contributed by atoms with Gasteiger partial charge in [0.2, 0.25) is 0 Å². The number of nitrogens with zero attached hydrogens (tertiary/aromatic N) is 2. The van der Waals surface area contributed by atoms with Gasteiger partial charge in [0.15, 0.2) is 11.6 Å². The number of anilines is 1. The molecule has 0 aliphatic carbocycles. The van der Waals surface area contributed by atoms with E-state index < -0.39 is 11.7 Å². The Morgan fingerprint density at radius 3 is 3.00 bits per heavy atom. The molecule has 1 aliphatic rings. The van der Waals surface area contributed by atoms with E-state index in [0.717, 1.165) is 6.42 Å². The molecule has 19 heavy (non-hydrogen) atoms. The fraction of sp³-hybridized carbons (Fsp3) is 0.500. The summed E-state index contributed by atoms with van der Waals surface area (Å²) < 4.78 is 19.4. The van der Waals surface area contributed by atoms with Gasteiger partial charge in [-0.1, -0.05) is 0 Å². The second-order valence-electron chi connectivity index (χ2n) is 4.51. The van der Waals surface area contributed by atoms with Gasteiger partial charge in [-0.25, -0.2) is 15.2 Å². The van der Waals surface area contributed by atoms with E-state index in [1.165, 1.54) is 17.2 Å². The third-order valence-electron chi connectivity index (χ3n) is 3.41. The Labute approximate surface area is 110 Å². The van der Waals surface area contributed by atoms with Crippen LogP contribution in [0.3, 0.4) is 0 Å². The molecule has 0 spiro atoms. The van der Waals surface area contributed by atoms with Crippen LogP contribution in [0.25, 0.3) is 0 Å². The number of nitrogen functional groups attached to an aromatic ring is 1. The fourth-order valence-corrected chi connectivity index (χ4v) is 2.28. The zero-order chi connectivity index (χ0) is 14.0. The molecular weight excluding hydrogens is 251 g/mol. The summed E-state index contributed by atoms with van der Waals surface area (Å²) in [5, 5.41) is 0. The molecule has 0 aromatic carbocycles. The number of pyridine rings is 1. The van der Waals surface area contributed by atoms with Crippen LogP contribution in [0.15, 0.2) is 12.3 Å². The predicted molar refractivity (Wildman–Crippen MR) is 67.9 cm³/mol. The molecule has 3 N–H and O–H groups in total. The van der Waals surface area contributed by atoms with E-state index in [1.54, 1.807) is 7.05 Å². The number of hydrogen-bond acceptors (Lipinski definition) is 5. The number of carbonyl (C=O) groups excluding carboxylic acids is 1. The zero-order valence-electron chi connectivity index (χ0n) is 10.9. The van der Waals surface area contributed by atoms with Crippen LogP contribution in [0.5, 0.6) is 0 Å². The van der Waals surface area contributed by atoms with Crippen LogP contribution >= 0.6 is 0 Å². The van der Waals surface area contributed by atoms with Crippen molar-refractivity contribution in [3.63, 3.8) is 0 Å². The molecule has 1 amide bonds. The minimum atomic E-state index is -0.742. The molecule has 1 saturated heterocycles. The zero-order valence-corrected chi connectivity index (χ0v) is 10.9. The van der Waals surface area contributed by atoms with Crippen LogP contribution in [-0.2, 0) is 4.74 Å². The Hall–Kier alpha value is -1.73. The van der Waals surface area contributed by atoms with Gasteiger partial charge in [-0.05, 0) is 19.4 Å². The highest BCUT2D eigenvalue weighted by Crippen LogP contribution is 2.22. The summed E-state index contributed by atoms with van der Waals surface area (Å²) in [7, 11) is 1.65. The van der Waals surface area contributed by atoms with Gasteiger partial charge in [0.25, 0.3) is 5.91 Å². The molecule has 6 nitrogen and oxygen atoms in total. The van der Waals surface area contributed by atoms with Gasteiger partial charge in [-0.3, -0.25) is 4.79 Å². The first kappa shape index (κ1) is 13.7. The van der Waals surface area contributed by atoms with Crippen LogP contribution in [0.2, 0.25) is 0 Å². The SMILES string of the molecule is CC1OCCC1N(C)C(=O)c1ccnc(NN)c1F. The van der Waals surface area contributed by atoms with Gasteiger partial charge in [0.05, 0.1) is 17.7 Å². The number of rotatable bonds is 3. The van der Waals surface area contributed by atoms with E-state index in [9.17, 15) is 9.18 Å². The summed E-state index contributed by atoms with van der Waals surface area (Å²) in [5.41, 5.74) is 2.07. The normalized spacial score (nSPS) is 22.3. The summed E-state index contributed by atoms with van der Waals surface area (Å²) >= 11 is 0. The van der Waals surface area contributed by atoms with Gasteiger partial charge in [0.1, 0.15) is 0 Å². The fourth-order valence-electron chi connectivity index (χ4n) is 2.28. The number of nitrogens with one attached hydrogen (secondary N) is 1. The van der Waals surface area contributed by atoms with Crippen molar-refractivity contribution in [3.05, 3.63) is 23.6 Å². The van der Waals surface area contributed by atoms with E-state index in [2.05, 4.69) is 10.4 Å². The number of hydrogen-bond donors (Lipinski definition) is 2.